The second-order valence-corrected chi connectivity index (χ2v) is 3.78. The van der Waals surface area contributed by atoms with Gasteiger partial charge in [0.1, 0.15) is 6.04 Å². The summed E-state index contributed by atoms with van der Waals surface area (Å²) in [5, 5.41) is 2.92. The summed E-state index contributed by atoms with van der Waals surface area (Å²) >= 11 is 0. The lowest BCUT2D eigenvalue weighted by molar-refractivity contribution is -0.131. The van der Waals surface area contributed by atoms with Crippen LogP contribution in [0.1, 0.15) is 25.7 Å². The molecule has 0 bridgehead atoms. The van der Waals surface area contributed by atoms with Crippen molar-refractivity contribution in [3.05, 3.63) is 0 Å². The first-order chi connectivity index (χ1) is 6.31. The minimum absolute atomic E-state index is 0.0344. The van der Waals surface area contributed by atoms with E-state index in [4.69, 9.17) is 0 Å². The van der Waals surface area contributed by atoms with Crippen LogP contribution in [0.15, 0.2) is 0 Å². The van der Waals surface area contributed by atoms with Crippen LogP contribution in [0.25, 0.3) is 0 Å². The third-order valence-corrected chi connectivity index (χ3v) is 2.66. The molecule has 1 aliphatic heterocycles. The zero-order valence-corrected chi connectivity index (χ0v) is 7.53. The highest BCUT2D eigenvalue weighted by molar-refractivity contribution is 5.84. The summed E-state index contributed by atoms with van der Waals surface area (Å²) in [5.41, 5.74) is 0. The van der Waals surface area contributed by atoms with Gasteiger partial charge in [-0.2, -0.15) is 0 Å². The van der Waals surface area contributed by atoms with Crippen LogP contribution in [0.2, 0.25) is 0 Å². The Hall–Kier alpha value is -1.06. The molecular weight excluding hydrogens is 168 g/mol. The van der Waals surface area contributed by atoms with Crippen LogP contribution in [0.5, 0.6) is 0 Å². The van der Waals surface area contributed by atoms with Crippen LogP contribution in [0.3, 0.4) is 0 Å². The third kappa shape index (κ3) is 1.82. The fourth-order valence-electron chi connectivity index (χ4n) is 1.72. The van der Waals surface area contributed by atoms with Gasteiger partial charge in [-0.3, -0.25) is 9.59 Å². The van der Waals surface area contributed by atoms with Crippen molar-refractivity contribution in [1.82, 2.24) is 10.2 Å². The number of nitrogens with one attached hydrogen (secondary N) is 1. The second kappa shape index (κ2) is 3.36. The Kier molecular flexibility index (Phi) is 2.20. The molecule has 4 nitrogen and oxygen atoms in total. The molecule has 0 aromatic heterocycles. The van der Waals surface area contributed by atoms with Crippen molar-refractivity contribution in [2.24, 2.45) is 0 Å². The molecule has 13 heavy (non-hydrogen) atoms. The molecule has 1 aliphatic carbocycles. The Morgan fingerprint density at radius 1 is 1.38 bits per heavy atom. The highest BCUT2D eigenvalue weighted by atomic mass is 16.2. The normalized spacial score (nSPS) is 27.4. The van der Waals surface area contributed by atoms with Crippen LogP contribution < -0.4 is 5.32 Å². The van der Waals surface area contributed by atoms with E-state index in [9.17, 15) is 9.59 Å². The molecule has 1 saturated carbocycles. The fraction of sp³-hybridized carbons (Fsp3) is 0.778. The lowest BCUT2D eigenvalue weighted by atomic mass is 10.2. The van der Waals surface area contributed by atoms with Crippen LogP contribution in [0, 0.1) is 0 Å². The molecule has 0 aromatic rings. The van der Waals surface area contributed by atoms with Gasteiger partial charge in [-0.25, -0.2) is 0 Å². The number of carbonyl (C=O) groups excluding carboxylic acids is 2. The van der Waals surface area contributed by atoms with Crippen molar-refractivity contribution in [3.8, 4) is 0 Å². The highest BCUT2D eigenvalue weighted by Gasteiger charge is 2.32. The number of nitrogens with zero attached hydrogens (tertiary/aromatic N) is 1. The van der Waals surface area contributed by atoms with Crippen molar-refractivity contribution in [3.63, 3.8) is 0 Å². The Bertz CT molecular complexity index is 226. The maximum Gasteiger partial charge on any atom is 0.243 e. The minimum Gasteiger partial charge on any atom is -0.352 e. The maximum absolute atomic E-state index is 11.6. The summed E-state index contributed by atoms with van der Waals surface area (Å²) in [6.45, 7) is 0.728. The number of likely N-dealkylation sites (tertiary alicyclic amines) is 1. The van der Waals surface area contributed by atoms with E-state index in [0.29, 0.717) is 6.04 Å². The average molecular weight is 182 g/mol. The SMILES string of the molecule is O=CN1CCC[C@H]1C(=O)NC1CC1. The van der Waals surface area contributed by atoms with Crippen LogP contribution in [0.4, 0.5) is 0 Å². The molecule has 1 N–H and O–H groups in total. The molecule has 0 aromatic carbocycles. The smallest absolute Gasteiger partial charge is 0.243 e. The van der Waals surface area contributed by atoms with E-state index in [-0.39, 0.29) is 11.9 Å². The molecule has 2 rings (SSSR count). The lowest BCUT2D eigenvalue weighted by Crippen LogP contribution is -2.43. The summed E-state index contributed by atoms with van der Waals surface area (Å²) in [4.78, 5) is 23.7. The number of rotatable bonds is 3. The predicted molar refractivity (Wildman–Crippen MR) is 47.0 cm³/mol. The van der Waals surface area contributed by atoms with Crippen LogP contribution >= 0.6 is 0 Å². The average Bonchev–Trinajstić information content (AvgIpc) is 2.82. The van der Waals surface area contributed by atoms with Crippen molar-refractivity contribution in [2.45, 2.75) is 37.8 Å². The Morgan fingerprint density at radius 2 is 2.15 bits per heavy atom. The summed E-state index contributed by atoms with van der Waals surface area (Å²) in [5.74, 6) is 0.0344. The first-order valence-corrected chi connectivity index (χ1v) is 4.82. The van der Waals surface area contributed by atoms with E-state index in [2.05, 4.69) is 5.32 Å². The van der Waals surface area contributed by atoms with Gasteiger partial charge in [0.15, 0.2) is 0 Å². The zero-order valence-electron chi connectivity index (χ0n) is 7.53. The van der Waals surface area contributed by atoms with E-state index in [1.807, 2.05) is 0 Å². The Balaban J connectivity index is 1.89. The lowest BCUT2D eigenvalue weighted by Gasteiger charge is -2.18. The van der Waals surface area contributed by atoms with E-state index in [0.717, 1.165) is 38.6 Å². The minimum atomic E-state index is -0.196. The van der Waals surface area contributed by atoms with Gasteiger partial charge in [-0.1, -0.05) is 0 Å². The topological polar surface area (TPSA) is 49.4 Å². The van der Waals surface area contributed by atoms with Crippen molar-refractivity contribution < 1.29 is 9.59 Å². The summed E-state index contributed by atoms with van der Waals surface area (Å²) in [6, 6.07) is 0.194. The molecule has 0 spiro atoms. The number of hydrogen-bond donors (Lipinski definition) is 1. The van der Waals surface area contributed by atoms with E-state index >= 15 is 0 Å². The van der Waals surface area contributed by atoms with Gasteiger partial charge >= 0.3 is 0 Å². The monoisotopic (exact) mass is 182 g/mol. The molecule has 0 radical (unpaired) electrons. The molecular formula is C9H14N2O2. The van der Waals surface area contributed by atoms with Gasteiger partial charge in [-0.15, -0.1) is 0 Å². The Labute approximate surface area is 77.3 Å². The zero-order chi connectivity index (χ0) is 9.26. The summed E-state index contributed by atoms with van der Waals surface area (Å²) in [7, 11) is 0. The highest BCUT2D eigenvalue weighted by Crippen LogP contribution is 2.21. The third-order valence-electron chi connectivity index (χ3n) is 2.66. The molecule has 1 saturated heterocycles. The first kappa shape index (κ1) is 8.53. The molecule has 2 amide bonds. The predicted octanol–water partition coefficient (Wildman–Crippen LogP) is -0.114. The van der Waals surface area contributed by atoms with Crippen molar-refractivity contribution in [1.29, 1.82) is 0 Å². The molecule has 4 heteroatoms. The number of hydrogen-bond acceptors (Lipinski definition) is 2. The van der Waals surface area contributed by atoms with E-state index < -0.39 is 0 Å². The molecule has 1 atom stereocenters. The molecule has 0 unspecified atom stereocenters. The largest absolute Gasteiger partial charge is 0.352 e. The van der Waals surface area contributed by atoms with Gasteiger partial charge < -0.3 is 10.2 Å². The maximum atomic E-state index is 11.6. The first-order valence-electron chi connectivity index (χ1n) is 4.82. The fourth-order valence-corrected chi connectivity index (χ4v) is 1.72. The number of carbonyl (C=O) groups is 2. The van der Waals surface area contributed by atoms with Crippen LogP contribution in [-0.2, 0) is 9.59 Å². The van der Waals surface area contributed by atoms with Crippen molar-refractivity contribution in [2.75, 3.05) is 6.54 Å². The van der Waals surface area contributed by atoms with Crippen LogP contribution in [-0.4, -0.2) is 35.8 Å². The summed E-state index contributed by atoms with van der Waals surface area (Å²) < 4.78 is 0. The quantitative estimate of drug-likeness (QED) is 0.619. The molecule has 2 fully saturated rings. The van der Waals surface area contributed by atoms with Gasteiger partial charge in [0.2, 0.25) is 12.3 Å². The van der Waals surface area contributed by atoms with Gasteiger partial charge in [0, 0.05) is 12.6 Å². The van der Waals surface area contributed by atoms with Gasteiger partial charge in [-0.05, 0) is 25.7 Å². The van der Waals surface area contributed by atoms with Gasteiger partial charge in [0.05, 0.1) is 0 Å². The standard InChI is InChI=1S/C9H14N2O2/c12-6-11-5-1-2-8(11)9(13)10-7-3-4-7/h6-8H,1-5H2,(H,10,13)/t8-/m0/s1. The second-order valence-electron chi connectivity index (χ2n) is 3.78. The molecule has 72 valence electrons. The van der Waals surface area contributed by atoms with E-state index in [1.54, 1.807) is 4.90 Å². The van der Waals surface area contributed by atoms with E-state index in [1.165, 1.54) is 0 Å². The van der Waals surface area contributed by atoms with Crippen molar-refractivity contribution >= 4 is 12.3 Å². The molecule has 2 aliphatic rings. The summed E-state index contributed by atoms with van der Waals surface area (Å²) in [6.07, 6.45) is 4.74. The Morgan fingerprint density at radius 3 is 2.77 bits per heavy atom. The van der Waals surface area contributed by atoms with Gasteiger partial charge in [0.25, 0.3) is 0 Å². The number of amides is 2. The molecule has 1 heterocycles.